The highest BCUT2D eigenvalue weighted by molar-refractivity contribution is 6.76. The number of aromatic amines is 1. The van der Waals surface area contributed by atoms with Gasteiger partial charge in [0.2, 0.25) is 0 Å². The molecule has 224 valence electrons. The van der Waals surface area contributed by atoms with Gasteiger partial charge < -0.3 is 19.4 Å². The Morgan fingerprint density at radius 3 is 2.88 bits per heavy atom. The molecule has 0 unspecified atom stereocenters. The van der Waals surface area contributed by atoms with Crippen molar-refractivity contribution in [1.29, 1.82) is 0 Å². The summed E-state index contributed by atoms with van der Waals surface area (Å²) in [5.41, 5.74) is 4.26. The second-order valence-corrected chi connectivity index (χ2v) is 19.0. The van der Waals surface area contributed by atoms with Crippen LogP contribution in [0.3, 0.4) is 0 Å². The molecule has 2 atom stereocenters. The molecule has 1 saturated carbocycles. The minimum absolute atomic E-state index is 0.0262. The van der Waals surface area contributed by atoms with E-state index in [4.69, 9.17) is 19.6 Å². The molecular formula is C30H39FN6O4Si. The molecule has 3 aromatic rings. The van der Waals surface area contributed by atoms with E-state index in [0.29, 0.717) is 61.3 Å². The maximum Gasteiger partial charge on any atom is 0.414 e. The summed E-state index contributed by atoms with van der Waals surface area (Å²) >= 11 is 0. The van der Waals surface area contributed by atoms with Crippen LogP contribution in [-0.4, -0.2) is 71.5 Å². The van der Waals surface area contributed by atoms with Crippen LogP contribution in [0.2, 0.25) is 25.7 Å². The van der Waals surface area contributed by atoms with Crippen LogP contribution < -0.4 is 4.90 Å². The molecule has 0 spiro atoms. The molecule has 42 heavy (non-hydrogen) atoms. The zero-order valence-electron chi connectivity index (χ0n) is 25.1. The van der Waals surface area contributed by atoms with Crippen LogP contribution in [0, 0.1) is 17.2 Å². The Balaban J connectivity index is 1.28. The molecule has 1 aliphatic heterocycles. The number of aromatic nitrogens is 4. The first kappa shape index (κ1) is 28.6. The van der Waals surface area contributed by atoms with Crippen LogP contribution in [0.15, 0.2) is 24.4 Å². The number of fused-ring (bicyclic) bond motifs is 3. The van der Waals surface area contributed by atoms with Crippen molar-refractivity contribution in [2.24, 2.45) is 11.3 Å². The number of hydrogen-bond acceptors (Lipinski definition) is 6. The molecule has 0 radical (unpaired) electrons. The number of H-pyrrole nitrogens is 1. The van der Waals surface area contributed by atoms with E-state index < -0.39 is 25.9 Å². The first-order valence-electron chi connectivity index (χ1n) is 14.6. The number of hydrogen-bond donors (Lipinski definition) is 1. The Labute approximate surface area is 245 Å². The van der Waals surface area contributed by atoms with Crippen molar-refractivity contribution in [3.63, 3.8) is 0 Å². The van der Waals surface area contributed by atoms with Crippen molar-refractivity contribution < 1.29 is 23.5 Å². The highest BCUT2D eigenvalue weighted by Gasteiger charge is 2.54. The van der Waals surface area contributed by atoms with Crippen LogP contribution in [0.4, 0.5) is 14.9 Å². The van der Waals surface area contributed by atoms with Crippen LogP contribution in [0.25, 0.3) is 22.6 Å². The Hall–Kier alpha value is -3.51. The maximum absolute atomic E-state index is 15.4. The highest BCUT2D eigenvalue weighted by Crippen LogP contribution is 2.60. The van der Waals surface area contributed by atoms with Gasteiger partial charge in [-0.25, -0.2) is 18.9 Å². The van der Waals surface area contributed by atoms with Crippen molar-refractivity contribution in [1.82, 2.24) is 24.6 Å². The van der Waals surface area contributed by atoms with Gasteiger partial charge in [0.15, 0.2) is 11.6 Å². The molecule has 12 heteroatoms. The van der Waals surface area contributed by atoms with Crippen LogP contribution in [0.5, 0.6) is 0 Å². The van der Waals surface area contributed by atoms with E-state index in [9.17, 15) is 9.59 Å². The predicted octanol–water partition coefficient (Wildman–Crippen LogP) is 5.32. The third-order valence-corrected chi connectivity index (χ3v) is 10.6. The van der Waals surface area contributed by atoms with Crippen LogP contribution in [0.1, 0.15) is 31.0 Å². The summed E-state index contributed by atoms with van der Waals surface area (Å²) in [6.07, 6.45) is 3.04. The van der Waals surface area contributed by atoms with Gasteiger partial charge in [0.05, 0.1) is 12.1 Å². The fourth-order valence-corrected chi connectivity index (χ4v) is 6.78. The average Bonchev–Trinajstić information content (AvgIpc) is 3.23. The van der Waals surface area contributed by atoms with Gasteiger partial charge in [-0.15, -0.1) is 0 Å². The largest absolute Gasteiger partial charge is 0.449 e. The second kappa shape index (κ2) is 10.3. The number of halogens is 1. The lowest BCUT2D eigenvalue weighted by Gasteiger charge is -2.29. The van der Waals surface area contributed by atoms with Gasteiger partial charge in [0, 0.05) is 45.2 Å². The van der Waals surface area contributed by atoms with E-state index in [0.717, 1.165) is 30.1 Å². The molecule has 1 saturated heterocycles. The van der Waals surface area contributed by atoms with Crippen molar-refractivity contribution in [3.8, 4) is 11.5 Å². The summed E-state index contributed by atoms with van der Waals surface area (Å²) < 4.78 is 28.5. The van der Waals surface area contributed by atoms with E-state index in [1.807, 2.05) is 4.68 Å². The maximum atomic E-state index is 15.4. The molecule has 3 heterocycles. The molecule has 2 aromatic heterocycles. The number of imidazole rings is 1. The normalized spacial score (nSPS) is 21.6. The lowest BCUT2D eigenvalue weighted by molar-refractivity contribution is -0.116. The Bertz CT molecular complexity index is 1590. The first-order valence-corrected chi connectivity index (χ1v) is 18.3. The topological polar surface area (TPSA) is 106 Å². The van der Waals surface area contributed by atoms with E-state index in [-0.39, 0.29) is 11.2 Å². The second-order valence-electron chi connectivity index (χ2n) is 13.4. The van der Waals surface area contributed by atoms with Gasteiger partial charge in [0.25, 0.3) is 5.91 Å². The summed E-state index contributed by atoms with van der Waals surface area (Å²) in [7, 11) is 0.310. The third kappa shape index (κ3) is 5.26. The summed E-state index contributed by atoms with van der Waals surface area (Å²) in [5, 5.41) is 4.94. The molecule has 6 rings (SSSR count). The summed E-state index contributed by atoms with van der Waals surface area (Å²) in [6, 6.07) is 4.01. The zero-order chi connectivity index (χ0) is 30.0. The number of nitrogens with zero attached hydrogens (tertiary/aromatic N) is 5. The number of anilines is 1. The number of benzene rings is 1. The lowest BCUT2D eigenvalue weighted by Crippen LogP contribution is -2.42. The number of carbonyl (C=O) groups is 2. The molecule has 3 aliphatic rings. The number of amides is 2. The minimum Gasteiger partial charge on any atom is -0.449 e. The Morgan fingerprint density at radius 2 is 2.14 bits per heavy atom. The van der Waals surface area contributed by atoms with Crippen LogP contribution >= 0.6 is 0 Å². The number of carbonyl (C=O) groups excluding carboxylic acids is 2. The van der Waals surface area contributed by atoms with Crippen molar-refractivity contribution in [2.75, 3.05) is 31.7 Å². The number of nitrogens with one attached hydrogen (secondary N) is 1. The van der Waals surface area contributed by atoms with Crippen molar-refractivity contribution in [3.05, 3.63) is 41.5 Å². The molecule has 2 fully saturated rings. The predicted molar refractivity (Wildman–Crippen MR) is 160 cm³/mol. The van der Waals surface area contributed by atoms with Gasteiger partial charge in [-0.2, -0.15) is 5.10 Å². The van der Waals surface area contributed by atoms with Gasteiger partial charge in [-0.1, -0.05) is 33.1 Å². The van der Waals surface area contributed by atoms with Crippen molar-refractivity contribution in [2.45, 2.75) is 65.0 Å². The van der Waals surface area contributed by atoms with Crippen LogP contribution in [-0.2, 0) is 33.8 Å². The average molecular weight is 595 g/mol. The quantitative estimate of drug-likeness (QED) is 0.204. The molecule has 0 bridgehead atoms. The lowest BCUT2D eigenvalue weighted by atomic mass is 9.87. The zero-order valence-corrected chi connectivity index (χ0v) is 26.1. The minimum atomic E-state index is -1.21. The Kier molecular flexibility index (Phi) is 7.04. The molecular weight excluding hydrogens is 555 g/mol. The molecule has 2 amide bonds. The van der Waals surface area contributed by atoms with E-state index in [2.05, 4.69) is 38.1 Å². The van der Waals surface area contributed by atoms with Gasteiger partial charge in [0.1, 0.15) is 23.6 Å². The van der Waals surface area contributed by atoms with Gasteiger partial charge in [-0.3, -0.25) is 9.69 Å². The monoisotopic (exact) mass is 594 g/mol. The number of cyclic esters (lactones) is 1. The van der Waals surface area contributed by atoms with E-state index >= 15 is 4.39 Å². The summed E-state index contributed by atoms with van der Waals surface area (Å²) in [5.74, 6) is 0.0446. The number of likely N-dealkylation sites (N-methyl/N-ethyl adjacent to an activating group) is 1. The SMILES string of the molecule is C=C(C(=O)N(C)c1cc(F)c2[nH]c(-c3nn(COCC[Si](C)(C)C)c4c3C[C@@H]3C[C@]3(C)C4)nc2c1)N1CCCOC1=O. The summed E-state index contributed by atoms with van der Waals surface area (Å²) in [6.45, 7) is 14.9. The molecule has 2 aliphatic carbocycles. The number of rotatable bonds is 9. The smallest absolute Gasteiger partial charge is 0.414 e. The van der Waals surface area contributed by atoms with Crippen molar-refractivity contribution >= 4 is 36.8 Å². The standard InChI is InChI=1S/C30H39FN6O4Si/c1-18(36-8-7-9-41-29(36)39)28(38)35(3)20-13-22(31)26-23(14-20)32-27(33-26)25-21-12-19-15-30(19,2)16-24(21)37(34-25)17-40-10-11-42(4,5)6/h13-14,19H,1,7-12,15-17H2,2-6H3,(H,32,33)/t19-,30-/m1/s1. The number of ether oxygens (including phenoxy) is 2. The molecule has 10 nitrogen and oxygen atoms in total. The van der Waals surface area contributed by atoms with E-state index in [1.54, 1.807) is 6.07 Å². The molecule has 1 N–H and O–H groups in total. The van der Waals surface area contributed by atoms with Gasteiger partial charge in [-0.05, 0) is 55.2 Å². The van der Waals surface area contributed by atoms with E-state index in [1.165, 1.54) is 35.0 Å². The first-order chi connectivity index (χ1) is 19.8. The third-order valence-electron chi connectivity index (χ3n) is 8.93. The Morgan fingerprint density at radius 1 is 1.36 bits per heavy atom. The van der Waals surface area contributed by atoms with Gasteiger partial charge >= 0.3 is 6.09 Å². The fraction of sp³-hybridized carbons (Fsp3) is 0.533. The highest BCUT2D eigenvalue weighted by atomic mass is 28.3. The fourth-order valence-electron chi connectivity index (χ4n) is 6.03. The summed E-state index contributed by atoms with van der Waals surface area (Å²) in [4.78, 5) is 35.6. The molecule has 1 aromatic carbocycles.